The van der Waals surface area contributed by atoms with Crippen molar-refractivity contribution in [2.24, 2.45) is 16.9 Å². The summed E-state index contributed by atoms with van der Waals surface area (Å²) in [5.74, 6) is 0.0164. The van der Waals surface area contributed by atoms with Gasteiger partial charge < -0.3 is 4.90 Å². The first-order valence-corrected chi connectivity index (χ1v) is 12.0. The van der Waals surface area contributed by atoms with E-state index in [1.165, 1.54) is 12.8 Å². The molecule has 0 spiro atoms. The summed E-state index contributed by atoms with van der Waals surface area (Å²) in [6.45, 7) is 2.41. The summed E-state index contributed by atoms with van der Waals surface area (Å²) < 4.78 is 0. The van der Waals surface area contributed by atoms with Crippen LogP contribution in [0.2, 0.25) is 10.0 Å². The predicted molar refractivity (Wildman–Crippen MR) is 138 cm³/mol. The van der Waals surface area contributed by atoms with Gasteiger partial charge in [0.15, 0.2) is 0 Å². The molecule has 2 heterocycles. The van der Waals surface area contributed by atoms with Gasteiger partial charge >= 0.3 is 0 Å². The zero-order valence-electron chi connectivity index (χ0n) is 18.7. The van der Waals surface area contributed by atoms with Crippen molar-refractivity contribution in [1.29, 1.82) is 0 Å². The molecule has 0 bridgehead atoms. The summed E-state index contributed by atoms with van der Waals surface area (Å²) in [5, 5.41) is 8.11. The van der Waals surface area contributed by atoms with Crippen LogP contribution in [0.4, 0.5) is 11.4 Å². The van der Waals surface area contributed by atoms with Crippen LogP contribution >= 0.6 is 23.2 Å². The van der Waals surface area contributed by atoms with Crippen molar-refractivity contribution in [1.82, 2.24) is 9.99 Å². The van der Waals surface area contributed by atoms with Crippen LogP contribution < -0.4 is 4.90 Å². The molecule has 1 fully saturated rings. The molecule has 1 atom stereocenters. The maximum absolute atomic E-state index is 13.2. The van der Waals surface area contributed by atoms with Crippen LogP contribution in [0.25, 0.3) is 0 Å². The Labute approximate surface area is 209 Å². The molecule has 1 aromatic heterocycles. The van der Waals surface area contributed by atoms with E-state index in [2.05, 4.69) is 9.88 Å². The average Bonchev–Trinajstić information content (AvgIpc) is 3.63. The van der Waals surface area contributed by atoms with Gasteiger partial charge in [0.25, 0.3) is 0 Å². The first-order chi connectivity index (χ1) is 16.5. The van der Waals surface area contributed by atoms with Gasteiger partial charge in [-0.25, -0.2) is 0 Å². The smallest absolute Gasteiger partial charge is 0.144 e. The molecule has 0 saturated heterocycles. The van der Waals surface area contributed by atoms with E-state index in [9.17, 15) is 4.79 Å². The Hall–Kier alpha value is -3.15. The summed E-state index contributed by atoms with van der Waals surface area (Å²) >= 11 is 12.8. The fraction of sp³-hybridized carbons (Fsp3) is 0.222. The summed E-state index contributed by atoms with van der Waals surface area (Å²) in [4.78, 5) is 19.5. The van der Waals surface area contributed by atoms with E-state index >= 15 is 0 Å². The Morgan fingerprint density at radius 3 is 2.24 bits per heavy atom. The van der Waals surface area contributed by atoms with Gasteiger partial charge in [0.1, 0.15) is 11.7 Å². The monoisotopic (exact) mass is 490 g/mol. The van der Waals surface area contributed by atoms with Crippen LogP contribution in [0.1, 0.15) is 25.3 Å². The van der Waals surface area contributed by atoms with Crippen molar-refractivity contribution in [2.45, 2.75) is 19.8 Å². The van der Waals surface area contributed by atoms with Gasteiger partial charge in [-0.2, -0.15) is 5.10 Å². The number of hydrazone groups is 1. The maximum atomic E-state index is 13.2. The molecule has 172 valence electrons. The highest BCUT2D eigenvalue weighted by molar-refractivity contribution is 6.31. The maximum Gasteiger partial charge on any atom is 0.144 e. The topological polar surface area (TPSA) is 48.8 Å². The zero-order chi connectivity index (χ0) is 23.7. The minimum atomic E-state index is -0.586. The minimum absolute atomic E-state index is 0.00557. The SMILES string of the molecule is CC(=O)C1C(N(c2cccc(Cl)c2)c2cccc(Cl)c2)=CN(CC2CC2)N=C1c1cccnc1. The lowest BCUT2D eigenvalue weighted by molar-refractivity contribution is -0.118. The van der Waals surface area contributed by atoms with E-state index in [0.717, 1.165) is 29.2 Å². The fourth-order valence-electron chi connectivity index (χ4n) is 4.25. The molecule has 1 aliphatic carbocycles. The van der Waals surface area contributed by atoms with Crippen LogP contribution in [0.3, 0.4) is 0 Å². The number of nitrogens with zero attached hydrogens (tertiary/aromatic N) is 4. The Morgan fingerprint density at radius 1 is 1.03 bits per heavy atom. The normalized spacial score (nSPS) is 17.7. The standard InChI is InChI=1S/C27H24Cl2N4O/c1-18(34)26-25(17-32(16-19-10-11-19)31-27(26)20-5-4-12-30-15-20)33(23-8-2-6-21(28)13-23)24-9-3-7-22(29)14-24/h2-9,12-15,17,19,26H,10-11,16H2,1H3. The number of rotatable bonds is 7. The molecule has 0 radical (unpaired) electrons. The number of hydrogen-bond donors (Lipinski definition) is 0. The number of halogens is 2. The van der Waals surface area contributed by atoms with Crippen LogP contribution in [0.5, 0.6) is 0 Å². The van der Waals surface area contributed by atoms with Gasteiger partial charge in [-0.3, -0.25) is 14.8 Å². The number of carbonyl (C=O) groups is 1. The molecule has 2 aromatic carbocycles. The minimum Gasteiger partial charge on any atom is -0.311 e. The highest BCUT2D eigenvalue weighted by Crippen LogP contribution is 2.39. The third-order valence-electron chi connectivity index (χ3n) is 5.98. The molecular weight excluding hydrogens is 467 g/mol. The molecule has 1 aliphatic heterocycles. The van der Waals surface area contributed by atoms with Crippen LogP contribution in [-0.4, -0.2) is 28.0 Å². The van der Waals surface area contributed by atoms with Crippen molar-refractivity contribution in [3.63, 3.8) is 0 Å². The lowest BCUT2D eigenvalue weighted by Gasteiger charge is -2.37. The number of allylic oxidation sites excluding steroid dienone is 1. The quantitative estimate of drug-likeness (QED) is 0.369. The number of Topliss-reactive ketones (excluding diaryl/α,β-unsaturated/α-hetero) is 1. The van der Waals surface area contributed by atoms with Crippen molar-refractivity contribution >= 4 is 46.1 Å². The number of anilines is 2. The van der Waals surface area contributed by atoms with Crippen LogP contribution in [-0.2, 0) is 4.79 Å². The molecule has 0 amide bonds. The van der Waals surface area contributed by atoms with Crippen molar-refractivity contribution < 1.29 is 4.79 Å². The number of benzene rings is 2. The van der Waals surface area contributed by atoms with Gasteiger partial charge in [-0.05, 0) is 74.2 Å². The van der Waals surface area contributed by atoms with E-state index in [1.54, 1.807) is 19.3 Å². The average molecular weight is 491 g/mol. The molecular formula is C27H24Cl2N4O. The molecule has 5 nitrogen and oxygen atoms in total. The summed E-state index contributed by atoms with van der Waals surface area (Å²) in [7, 11) is 0. The highest BCUT2D eigenvalue weighted by Gasteiger charge is 2.36. The molecule has 3 aromatic rings. The number of hydrogen-bond acceptors (Lipinski definition) is 5. The Kier molecular flexibility index (Phi) is 6.40. The third-order valence-corrected chi connectivity index (χ3v) is 6.45. The second-order valence-corrected chi connectivity index (χ2v) is 9.56. The summed E-state index contributed by atoms with van der Waals surface area (Å²) in [6, 6.07) is 19.0. The van der Waals surface area contributed by atoms with Crippen molar-refractivity contribution in [3.8, 4) is 0 Å². The van der Waals surface area contributed by atoms with E-state index < -0.39 is 5.92 Å². The third kappa shape index (κ3) is 4.86. The zero-order valence-corrected chi connectivity index (χ0v) is 20.2. The lowest BCUT2D eigenvalue weighted by atomic mass is 9.89. The molecule has 0 N–H and O–H groups in total. The molecule has 1 saturated carbocycles. The van der Waals surface area contributed by atoms with Gasteiger partial charge in [0.05, 0.1) is 11.4 Å². The van der Waals surface area contributed by atoms with Crippen molar-refractivity contribution in [2.75, 3.05) is 11.4 Å². The Balaban J connectivity index is 1.70. The number of ketones is 1. The molecule has 7 heteroatoms. The molecule has 2 aliphatic rings. The first-order valence-electron chi connectivity index (χ1n) is 11.3. The van der Waals surface area contributed by atoms with Gasteiger partial charge in [-0.1, -0.05) is 35.3 Å². The number of carbonyl (C=O) groups excluding carboxylic acids is 1. The lowest BCUT2D eigenvalue weighted by Crippen LogP contribution is -2.39. The summed E-state index contributed by atoms with van der Waals surface area (Å²) in [5.41, 5.74) is 3.99. The second kappa shape index (κ2) is 9.61. The second-order valence-electron chi connectivity index (χ2n) is 8.69. The molecule has 34 heavy (non-hydrogen) atoms. The Morgan fingerprint density at radius 2 is 1.71 bits per heavy atom. The van der Waals surface area contributed by atoms with Gasteiger partial charge in [-0.15, -0.1) is 0 Å². The summed E-state index contributed by atoms with van der Waals surface area (Å²) in [6.07, 6.45) is 7.86. The first kappa shape index (κ1) is 22.6. The van der Waals surface area contributed by atoms with Gasteiger partial charge in [0, 0.05) is 52.1 Å². The highest BCUT2D eigenvalue weighted by atomic mass is 35.5. The largest absolute Gasteiger partial charge is 0.311 e. The van der Waals surface area contributed by atoms with Gasteiger partial charge in [0.2, 0.25) is 0 Å². The van der Waals surface area contributed by atoms with Crippen LogP contribution in [0, 0.1) is 11.8 Å². The van der Waals surface area contributed by atoms with E-state index in [1.807, 2.05) is 71.9 Å². The molecule has 5 rings (SSSR count). The predicted octanol–water partition coefficient (Wildman–Crippen LogP) is 6.70. The Bertz CT molecular complexity index is 1220. The number of pyridine rings is 1. The van der Waals surface area contributed by atoms with E-state index in [4.69, 9.17) is 28.3 Å². The van der Waals surface area contributed by atoms with Crippen LogP contribution in [0.15, 0.2) is 90.1 Å². The van der Waals surface area contributed by atoms with Crippen molar-refractivity contribution in [3.05, 3.63) is 101 Å². The fourth-order valence-corrected chi connectivity index (χ4v) is 4.62. The molecule has 1 unspecified atom stereocenters. The van der Waals surface area contributed by atoms with E-state index in [0.29, 0.717) is 21.7 Å². The van der Waals surface area contributed by atoms with E-state index in [-0.39, 0.29) is 5.78 Å². The number of aromatic nitrogens is 1.